The second kappa shape index (κ2) is 5.58. The van der Waals surface area contributed by atoms with Crippen LogP contribution >= 0.6 is 0 Å². The van der Waals surface area contributed by atoms with E-state index in [2.05, 4.69) is 20.3 Å². The Balaban J connectivity index is 1.77. The summed E-state index contributed by atoms with van der Waals surface area (Å²) in [6, 6.07) is 15.1. The third kappa shape index (κ3) is 3.14. The van der Waals surface area contributed by atoms with E-state index >= 15 is 0 Å². The Morgan fingerprint density at radius 3 is 2.67 bits per heavy atom. The molecule has 0 fully saturated rings. The van der Waals surface area contributed by atoms with Gasteiger partial charge < -0.3 is 10.3 Å². The number of aromatic amines is 1. The number of rotatable bonds is 3. The van der Waals surface area contributed by atoms with Gasteiger partial charge in [0.05, 0.1) is 22.9 Å². The molecule has 5 heteroatoms. The number of hydrogen-bond acceptors (Lipinski definition) is 3. The Kier molecular flexibility index (Phi) is 3.47. The SMILES string of the molecule is CC(=O)Nc1ccc(N=Cc2nc3ccccc3[nH]2)cc1. The fourth-order valence-electron chi connectivity index (χ4n) is 2.00. The van der Waals surface area contributed by atoms with Crippen molar-refractivity contribution >= 4 is 34.5 Å². The van der Waals surface area contributed by atoms with Gasteiger partial charge in [-0.2, -0.15) is 0 Å². The lowest BCUT2D eigenvalue weighted by Gasteiger charge is -2.01. The molecule has 0 spiro atoms. The number of nitrogens with one attached hydrogen (secondary N) is 2. The monoisotopic (exact) mass is 278 g/mol. The Hall–Kier alpha value is -2.95. The molecule has 1 heterocycles. The molecule has 0 aliphatic carbocycles. The number of imidazole rings is 1. The summed E-state index contributed by atoms with van der Waals surface area (Å²) in [4.78, 5) is 22.9. The fourth-order valence-corrected chi connectivity index (χ4v) is 2.00. The molecule has 1 aromatic heterocycles. The van der Waals surface area contributed by atoms with E-state index in [1.165, 1.54) is 6.92 Å². The van der Waals surface area contributed by atoms with Crippen LogP contribution in [0.4, 0.5) is 11.4 Å². The van der Waals surface area contributed by atoms with Gasteiger partial charge in [0, 0.05) is 12.6 Å². The van der Waals surface area contributed by atoms with Crippen LogP contribution in [0, 0.1) is 0 Å². The van der Waals surface area contributed by atoms with E-state index in [1.54, 1.807) is 6.21 Å². The zero-order valence-electron chi connectivity index (χ0n) is 11.5. The normalized spacial score (nSPS) is 11.1. The minimum Gasteiger partial charge on any atom is -0.337 e. The van der Waals surface area contributed by atoms with Crippen LogP contribution in [0.2, 0.25) is 0 Å². The number of para-hydroxylation sites is 2. The molecule has 0 atom stereocenters. The smallest absolute Gasteiger partial charge is 0.221 e. The molecule has 2 aromatic carbocycles. The van der Waals surface area contributed by atoms with E-state index < -0.39 is 0 Å². The van der Waals surface area contributed by atoms with E-state index in [0.29, 0.717) is 5.82 Å². The summed E-state index contributed by atoms with van der Waals surface area (Å²) in [5.41, 5.74) is 3.45. The lowest BCUT2D eigenvalue weighted by atomic mass is 10.3. The predicted molar refractivity (Wildman–Crippen MR) is 84.1 cm³/mol. The average Bonchev–Trinajstić information content (AvgIpc) is 2.89. The van der Waals surface area contributed by atoms with Crippen molar-refractivity contribution < 1.29 is 4.79 Å². The number of anilines is 1. The highest BCUT2D eigenvalue weighted by molar-refractivity contribution is 5.89. The van der Waals surface area contributed by atoms with Crippen LogP contribution in [0.5, 0.6) is 0 Å². The number of aliphatic imine (C=N–C) groups is 1. The minimum atomic E-state index is -0.0893. The molecular formula is C16H14N4O. The number of aromatic nitrogens is 2. The van der Waals surface area contributed by atoms with Gasteiger partial charge in [0.2, 0.25) is 5.91 Å². The van der Waals surface area contributed by atoms with Crippen LogP contribution < -0.4 is 5.32 Å². The average molecular weight is 278 g/mol. The van der Waals surface area contributed by atoms with E-state index in [-0.39, 0.29) is 5.91 Å². The number of amides is 1. The summed E-state index contributed by atoms with van der Waals surface area (Å²) < 4.78 is 0. The highest BCUT2D eigenvalue weighted by Crippen LogP contribution is 2.16. The number of nitrogens with zero attached hydrogens (tertiary/aromatic N) is 2. The lowest BCUT2D eigenvalue weighted by Crippen LogP contribution is -2.04. The second-order valence-electron chi connectivity index (χ2n) is 4.63. The van der Waals surface area contributed by atoms with Crippen molar-refractivity contribution in [2.75, 3.05) is 5.32 Å². The quantitative estimate of drug-likeness (QED) is 0.722. The molecule has 0 radical (unpaired) electrons. The summed E-state index contributed by atoms with van der Waals surface area (Å²) in [5, 5.41) is 2.71. The summed E-state index contributed by atoms with van der Waals surface area (Å²) in [6.07, 6.45) is 1.69. The van der Waals surface area contributed by atoms with Gasteiger partial charge >= 0.3 is 0 Å². The van der Waals surface area contributed by atoms with Crippen molar-refractivity contribution in [3.8, 4) is 0 Å². The van der Waals surface area contributed by atoms with Gasteiger partial charge in [-0.05, 0) is 36.4 Å². The molecule has 3 aromatic rings. The number of hydrogen-bond donors (Lipinski definition) is 2. The third-order valence-corrected chi connectivity index (χ3v) is 2.93. The molecular weight excluding hydrogens is 264 g/mol. The molecule has 104 valence electrons. The molecule has 0 saturated heterocycles. The van der Waals surface area contributed by atoms with E-state index in [0.717, 1.165) is 22.4 Å². The molecule has 0 bridgehead atoms. The van der Waals surface area contributed by atoms with Crippen molar-refractivity contribution in [2.45, 2.75) is 6.92 Å². The second-order valence-corrected chi connectivity index (χ2v) is 4.63. The Morgan fingerprint density at radius 1 is 1.19 bits per heavy atom. The standard InChI is InChI=1S/C16H14N4O/c1-11(21)18-13-8-6-12(7-9-13)17-10-16-19-14-4-2-3-5-15(14)20-16/h2-10H,1H3,(H,18,21)(H,19,20). The topological polar surface area (TPSA) is 70.1 Å². The molecule has 0 aliphatic rings. The summed E-state index contributed by atoms with van der Waals surface area (Å²) >= 11 is 0. The van der Waals surface area contributed by atoms with Crippen LogP contribution in [0.15, 0.2) is 53.5 Å². The van der Waals surface area contributed by atoms with Crippen molar-refractivity contribution in [3.05, 3.63) is 54.4 Å². The molecule has 3 rings (SSSR count). The molecule has 0 unspecified atom stereocenters. The summed E-state index contributed by atoms with van der Waals surface area (Å²) in [6.45, 7) is 1.48. The number of benzene rings is 2. The number of carbonyl (C=O) groups is 1. The molecule has 1 amide bonds. The van der Waals surface area contributed by atoms with Gasteiger partial charge in [0.1, 0.15) is 5.82 Å². The van der Waals surface area contributed by atoms with Crippen molar-refractivity contribution in [1.29, 1.82) is 0 Å². The van der Waals surface area contributed by atoms with Crippen molar-refractivity contribution in [3.63, 3.8) is 0 Å². The number of H-pyrrole nitrogens is 1. The number of fused-ring (bicyclic) bond motifs is 1. The van der Waals surface area contributed by atoms with E-state index in [9.17, 15) is 4.79 Å². The molecule has 21 heavy (non-hydrogen) atoms. The van der Waals surface area contributed by atoms with E-state index in [1.807, 2.05) is 48.5 Å². The first kappa shape index (κ1) is 13.1. The van der Waals surface area contributed by atoms with Gasteiger partial charge in [0.25, 0.3) is 0 Å². The van der Waals surface area contributed by atoms with Gasteiger partial charge in [0.15, 0.2) is 0 Å². The van der Waals surface area contributed by atoms with Gasteiger partial charge in [-0.15, -0.1) is 0 Å². The maximum absolute atomic E-state index is 10.9. The van der Waals surface area contributed by atoms with Gasteiger partial charge in [-0.25, -0.2) is 4.98 Å². The first-order valence-electron chi connectivity index (χ1n) is 6.57. The predicted octanol–water partition coefficient (Wildman–Crippen LogP) is 3.27. The molecule has 0 aliphatic heterocycles. The van der Waals surface area contributed by atoms with Crippen LogP contribution in [-0.4, -0.2) is 22.1 Å². The minimum absolute atomic E-state index is 0.0893. The van der Waals surface area contributed by atoms with Gasteiger partial charge in [-0.3, -0.25) is 9.79 Å². The highest BCUT2D eigenvalue weighted by atomic mass is 16.1. The summed E-state index contributed by atoms with van der Waals surface area (Å²) in [7, 11) is 0. The maximum atomic E-state index is 10.9. The highest BCUT2D eigenvalue weighted by Gasteiger charge is 1.99. The third-order valence-electron chi connectivity index (χ3n) is 2.93. The van der Waals surface area contributed by atoms with E-state index in [4.69, 9.17) is 0 Å². The van der Waals surface area contributed by atoms with Crippen LogP contribution in [0.3, 0.4) is 0 Å². The van der Waals surface area contributed by atoms with Crippen LogP contribution in [-0.2, 0) is 4.79 Å². The molecule has 2 N–H and O–H groups in total. The van der Waals surface area contributed by atoms with Crippen molar-refractivity contribution in [2.24, 2.45) is 4.99 Å². The van der Waals surface area contributed by atoms with Crippen LogP contribution in [0.25, 0.3) is 11.0 Å². The summed E-state index contributed by atoms with van der Waals surface area (Å²) in [5.74, 6) is 0.621. The Morgan fingerprint density at radius 2 is 1.95 bits per heavy atom. The Labute approximate surface area is 121 Å². The Bertz CT molecular complexity index is 770. The van der Waals surface area contributed by atoms with Gasteiger partial charge in [-0.1, -0.05) is 12.1 Å². The molecule has 5 nitrogen and oxygen atoms in total. The van der Waals surface area contributed by atoms with Crippen LogP contribution in [0.1, 0.15) is 12.7 Å². The fraction of sp³-hybridized carbons (Fsp3) is 0.0625. The zero-order chi connectivity index (χ0) is 14.7. The first-order valence-corrected chi connectivity index (χ1v) is 6.57. The first-order chi connectivity index (χ1) is 10.2. The number of carbonyl (C=O) groups excluding carboxylic acids is 1. The zero-order valence-corrected chi connectivity index (χ0v) is 11.5. The lowest BCUT2D eigenvalue weighted by molar-refractivity contribution is -0.114. The van der Waals surface area contributed by atoms with Crippen molar-refractivity contribution in [1.82, 2.24) is 9.97 Å². The maximum Gasteiger partial charge on any atom is 0.221 e. The largest absolute Gasteiger partial charge is 0.337 e. The molecule has 0 saturated carbocycles.